The highest BCUT2D eigenvalue weighted by Gasteiger charge is 2.17. The Bertz CT molecular complexity index is 599. The summed E-state index contributed by atoms with van der Waals surface area (Å²) in [6.45, 7) is 6.34. The normalized spacial score (nSPS) is 12.3. The van der Waals surface area contributed by atoms with Gasteiger partial charge in [-0.25, -0.2) is 4.79 Å². The van der Waals surface area contributed by atoms with Crippen LogP contribution in [0.3, 0.4) is 0 Å². The van der Waals surface area contributed by atoms with E-state index in [1.54, 1.807) is 29.4 Å². The molecule has 0 aliphatic rings. The molecule has 4 heteroatoms. The Morgan fingerprint density at radius 3 is 2.25 bits per heavy atom. The van der Waals surface area contributed by atoms with Gasteiger partial charge in [-0.3, -0.25) is 14.1 Å². The molecule has 86 valence electrons. The molecule has 0 saturated heterocycles. The van der Waals surface area contributed by atoms with Crippen LogP contribution in [0.2, 0.25) is 0 Å². The van der Waals surface area contributed by atoms with Crippen LogP contribution in [-0.4, -0.2) is 14.1 Å². The van der Waals surface area contributed by atoms with Crippen molar-refractivity contribution in [1.82, 2.24) is 14.1 Å². The summed E-state index contributed by atoms with van der Waals surface area (Å²) in [6.07, 6.45) is 1.78. The van der Waals surface area contributed by atoms with Gasteiger partial charge in [0.05, 0.1) is 17.2 Å². The van der Waals surface area contributed by atoms with E-state index in [4.69, 9.17) is 0 Å². The SMILES string of the molecule is Cn1c(=O)n(C)c2cc(C(C)(C)C)ncc21. The topological polar surface area (TPSA) is 39.8 Å². The lowest BCUT2D eigenvalue weighted by Gasteiger charge is -2.17. The molecule has 0 aliphatic carbocycles. The van der Waals surface area contributed by atoms with E-state index in [0.29, 0.717) is 0 Å². The highest BCUT2D eigenvalue weighted by atomic mass is 16.1. The quantitative estimate of drug-likeness (QED) is 0.674. The van der Waals surface area contributed by atoms with Crippen molar-refractivity contribution in [3.8, 4) is 0 Å². The zero-order chi connectivity index (χ0) is 12.1. The standard InChI is InChI=1S/C12H17N3O/c1-12(2,3)10-6-8-9(7-13-10)15(5)11(16)14(8)4/h6-7H,1-5H3. The van der Waals surface area contributed by atoms with Crippen molar-refractivity contribution < 1.29 is 0 Å². The highest BCUT2D eigenvalue weighted by molar-refractivity contribution is 5.75. The maximum absolute atomic E-state index is 11.7. The molecule has 2 aromatic heterocycles. The van der Waals surface area contributed by atoms with E-state index in [9.17, 15) is 4.79 Å². The summed E-state index contributed by atoms with van der Waals surface area (Å²) in [4.78, 5) is 16.2. The van der Waals surface area contributed by atoms with Gasteiger partial charge in [-0.15, -0.1) is 0 Å². The molecule has 0 fully saturated rings. The maximum atomic E-state index is 11.7. The predicted octanol–water partition coefficient (Wildman–Crippen LogP) is 1.57. The second-order valence-corrected chi connectivity index (χ2v) is 5.21. The molecule has 16 heavy (non-hydrogen) atoms. The molecule has 0 aromatic carbocycles. The van der Waals surface area contributed by atoms with Crippen molar-refractivity contribution in [2.24, 2.45) is 14.1 Å². The van der Waals surface area contributed by atoms with Crippen molar-refractivity contribution >= 4 is 11.0 Å². The number of hydrogen-bond donors (Lipinski definition) is 0. The van der Waals surface area contributed by atoms with E-state index >= 15 is 0 Å². The van der Waals surface area contributed by atoms with Gasteiger partial charge >= 0.3 is 5.69 Å². The lowest BCUT2D eigenvalue weighted by molar-refractivity contribution is 0.570. The minimum absolute atomic E-state index is 0.0000784. The molecule has 2 heterocycles. The van der Waals surface area contributed by atoms with Crippen LogP contribution >= 0.6 is 0 Å². The summed E-state index contributed by atoms with van der Waals surface area (Å²) in [5, 5.41) is 0. The lowest BCUT2D eigenvalue weighted by atomic mass is 9.91. The van der Waals surface area contributed by atoms with Crippen LogP contribution < -0.4 is 5.69 Å². The van der Waals surface area contributed by atoms with Crippen LogP contribution in [0.1, 0.15) is 26.5 Å². The molecule has 2 rings (SSSR count). The number of aromatic nitrogens is 3. The average Bonchev–Trinajstić information content (AvgIpc) is 2.43. The molecule has 0 N–H and O–H groups in total. The second kappa shape index (κ2) is 3.20. The fourth-order valence-corrected chi connectivity index (χ4v) is 1.81. The summed E-state index contributed by atoms with van der Waals surface area (Å²) in [6, 6.07) is 2.00. The first-order valence-electron chi connectivity index (χ1n) is 5.34. The molecule has 2 aromatic rings. The van der Waals surface area contributed by atoms with Crippen LogP contribution in [-0.2, 0) is 19.5 Å². The number of fused-ring (bicyclic) bond motifs is 1. The average molecular weight is 219 g/mol. The largest absolute Gasteiger partial charge is 0.328 e. The first-order chi connectivity index (χ1) is 7.32. The number of rotatable bonds is 0. The van der Waals surface area contributed by atoms with Crippen molar-refractivity contribution in [3.05, 3.63) is 28.4 Å². The van der Waals surface area contributed by atoms with Gasteiger partial charge in [0.25, 0.3) is 0 Å². The summed E-state index contributed by atoms with van der Waals surface area (Å²) >= 11 is 0. The van der Waals surface area contributed by atoms with Gasteiger partial charge in [0.15, 0.2) is 0 Å². The van der Waals surface area contributed by atoms with Gasteiger partial charge in [0.1, 0.15) is 0 Å². The third-order valence-electron chi connectivity index (χ3n) is 2.93. The third kappa shape index (κ3) is 1.45. The molecular weight excluding hydrogens is 202 g/mol. The van der Waals surface area contributed by atoms with Gasteiger partial charge in [0.2, 0.25) is 0 Å². The summed E-state index contributed by atoms with van der Waals surface area (Å²) in [7, 11) is 3.56. The Kier molecular flexibility index (Phi) is 2.19. The van der Waals surface area contributed by atoms with E-state index in [2.05, 4.69) is 25.8 Å². The smallest absolute Gasteiger partial charge is 0.295 e. The second-order valence-electron chi connectivity index (χ2n) is 5.21. The maximum Gasteiger partial charge on any atom is 0.328 e. The number of imidazole rings is 1. The van der Waals surface area contributed by atoms with E-state index < -0.39 is 0 Å². The van der Waals surface area contributed by atoms with Crippen molar-refractivity contribution in [3.63, 3.8) is 0 Å². The van der Waals surface area contributed by atoms with Crippen LogP contribution in [0.5, 0.6) is 0 Å². The molecular formula is C12H17N3O. The van der Waals surface area contributed by atoms with Gasteiger partial charge in [0, 0.05) is 25.2 Å². The minimum atomic E-state index is -0.0112. The number of hydrogen-bond acceptors (Lipinski definition) is 2. The predicted molar refractivity (Wildman–Crippen MR) is 64.7 cm³/mol. The summed E-state index contributed by atoms with van der Waals surface area (Å²) in [5.41, 5.74) is 2.80. The highest BCUT2D eigenvalue weighted by Crippen LogP contribution is 2.22. The van der Waals surface area contributed by atoms with Crippen LogP contribution in [0.15, 0.2) is 17.1 Å². The monoisotopic (exact) mass is 219 g/mol. The zero-order valence-electron chi connectivity index (χ0n) is 10.4. The molecule has 0 saturated carbocycles. The van der Waals surface area contributed by atoms with Crippen molar-refractivity contribution in [1.29, 1.82) is 0 Å². The molecule has 4 nitrogen and oxygen atoms in total. The Balaban J connectivity index is 2.82. The Hall–Kier alpha value is -1.58. The molecule has 0 amide bonds. The zero-order valence-corrected chi connectivity index (χ0v) is 10.4. The molecule has 0 aliphatic heterocycles. The first kappa shape index (κ1) is 10.9. The molecule has 0 atom stereocenters. The van der Waals surface area contributed by atoms with Crippen LogP contribution in [0, 0.1) is 0 Å². The summed E-state index contributed by atoms with van der Waals surface area (Å²) in [5.74, 6) is 0. The van der Waals surface area contributed by atoms with E-state index in [1.165, 1.54) is 0 Å². The molecule has 0 radical (unpaired) electrons. The van der Waals surface area contributed by atoms with Gasteiger partial charge in [-0.1, -0.05) is 20.8 Å². The Morgan fingerprint density at radius 1 is 1.12 bits per heavy atom. The molecule has 0 unspecified atom stereocenters. The number of aryl methyl sites for hydroxylation is 2. The fraction of sp³-hybridized carbons (Fsp3) is 0.500. The fourth-order valence-electron chi connectivity index (χ4n) is 1.81. The van der Waals surface area contributed by atoms with Gasteiger partial charge in [-0.2, -0.15) is 0 Å². The van der Waals surface area contributed by atoms with Crippen LogP contribution in [0.4, 0.5) is 0 Å². The van der Waals surface area contributed by atoms with E-state index in [1.807, 2.05) is 6.07 Å². The minimum Gasteiger partial charge on any atom is -0.295 e. The first-order valence-corrected chi connectivity index (χ1v) is 5.34. The van der Waals surface area contributed by atoms with E-state index in [0.717, 1.165) is 16.7 Å². The van der Waals surface area contributed by atoms with Gasteiger partial charge < -0.3 is 0 Å². The number of nitrogens with zero attached hydrogens (tertiary/aromatic N) is 3. The summed E-state index contributed by atoms with van der Waals surface area (Å²) < 4.78 is 3.28. The number of pyridine rings is 1. The third-order valence-corrected chi connectivity index (χ3v) is 2.93. The van der Waals surface area contributed by atoms with Crippen LogP contribution in [0.25, 0.3) is 11.0 Å². The molecule has 0 spiro atoms. The Morgan fingerprint density at radius 2 is 1.69 bits per heavy atom. The lowest BCUT2D eigenvalue weighted by Crippen LogP contribution is -2.19. The van der Waals surface area contributed by atoms with Crippen molar-refractivity contribution in [2.45, 2.75) is 26.2 Å². The molecule has 0 bridgehead atoms. The van der Waals surface area contributed by atoms with E-state index in [-0.39, 0.29) is 11.1 Å². The van der Waals surface area contributed by atoms with Crippen molar-refractivity contribution in [2.75, 3.05) is 0 Å². The van der Waals surface area contributed by atoms with Gasteiger partial charge in [-0.05, 0) is 6.07 Å². The Labute approximate surface area is 94.5 Å².